The summed E-state index contributed by atoms with van der Waals surface area (Å²) >= 11 is 0. The van der Waals surface area contributed by atoms with Gasteiger partial charge in [0.2, 0.25) is 11.6 Å². The van der Waals surface area contributed by atoms with Gasteiger partial charge in [0.25, 0.3) is 0 Å². The monoisotopic (exact) mass is 287 g/mol. The molecule has 0 saturated carbocycles. The number of aromatic nitrogens is 1. The zero-order valence-electron chi connectivity index (χ0n) is 11.8. The Labute approximate surface area is 128 Å². The second-order valence-electron chi connectivity index (χ2n) is 4.85. The number of hydrogen-bond acceptors (Lipinski definition) is 3. The minimum Gasteiger partial charge on any atom is -0.285 e. The molecule has 1 aromatic heterocycles. The van der Waals surface area contributed by atoms with E-state index in [9.17, 15) is 9.59 Å². The molecule has 0 fully saturated rings. The van der Waals surface area contributed by atoms with Crippen LogP contribution in [0.15, 0.2) is 79.1 Å². The molecule has 106 valence electrons. The lowest BCUT2D eigenvalue weighted by Gasteiger charge is -2.05. The van der Waals surface area contributed by atoms with Crippen LogP contribution in [0.1, 0.15) is 20.7 Å². The molecule has 0 saturated heterocycles. The Morgan fingerprint density at radius 3 is 2.09 bits per heavy atom. The summed E-state index contributed by atoms with van der Waals surface area (Å²) in [6, 6.07) is 20.1. The third-order valence-corrected chi connectivity index (χ3v) is 3.36. The van der Waals surface area contributed by atoms with Crippen LogP contribution in [0, 0.1) is 0 Å². The lowest BCUT2D eigenvalue weighted by molar-refractivity contribution is 0.0816. The second-order valence-corrected chi connectivity index (χ2v) is 4.85. The van der Waals surface area contributed by atoms with Crippen LogP contribution in [0.4, 0.5) is 0 Å². The molecule has 3 rings (SSSR count). The van der Waals surface area contributed by atoms with Crippen LogP contribution < -0.4 is 0 Å². The fourth-order valence-electron chi connectivity index (χ4n) is 2.23. The Bertz CT molecular complexity index is 811. The molecule has 3 nitrogen and oxygen atoms in total. The van der Waals surface area contributed by atoms with E-state index in [1.165, 1.54) is 6.20 Å². The van der Waals surface area contributed by atoms with Crippen molar-refractivity contribution in [1.29, 1.82) is 0 Å². The Morgan fingerprint density at radius 2 is 1.36 bits per heavy atom. The zero-order valence-corrected chi connectivity index (χ0v) is 11.8. The minimum atomic E-state index is -0.543. The number of rotatable bonds is 4. The first kappa shape index (κ1) is 13.9. The van der Waals surface area contributed by atoms with Crippen LogP contribution in [0.25, 0.3) is 11.1 Å². The van der Waals surface area contributed by atoms with Gasteiger partial charge in [0.1, 0.15) is 0 Å². The molecule has 3 aromatic rings. The predicted molar refractivity (Wildman–Crippen MR) is 84.8 cm³/mol. The highest BCUT2D eigenvalue weighted by Crippen LogP contribution is 2.20. The van der Waals surface area contributed by atoms with Gasteiger partial charge in [-0.3, -0.25) is 14.6 Å². The minimum absolute atomic E-state index is 0.303. The molecular weight excluding hydrogens is 274 g/mol. The topological polar surface area (TPSA) is 47.0 Å². The van der Waals surface area contributed by atoms with Crippen LogP contribution in [-0.2, 0) is 0 Å². The summed E-state index contributed by atoms with van der Waals surface area (Å²) < 4.78 is 0. The van der Waals surface area contributed by atoms with E-state index in [1.807, 2.05) is 36.4 Å². The van der Waals surface area contributed by atoms with E-state index in [1.54, 1.807) is 36.5 Å². The molecule has 0 bridgehead atoms. The van der Waals surface area contributed by atoms with Crippen molar-refractivity contribution >= 4 is 11.6 Å². The van der Waals surface area contributed by atoms with Gasteiger partial charge in [-0.15, -0.1) is 0 Å². The highest BCUT2D eigenvalue weighted by molar-refractivity contribution is 6.49. The summed E-state index contributed by atoms with van der Waals surface area (Å²) in [6.45, 7) is 0. The highest BCUT2D eigenvalue weighted by Gasteiger charge is 2.18. The molecule has 1 heterocycles. The molecular formula is C19H13NO2. The Hall–Kier alpha value is -3.07. The lowest BCUT2D eigenvalue weighted by Crippen LogP contribution is -2.14. The van der Waals surface area contributed by atoms with Crippen LogP contribution in [0.5, 0.6) is 0 Å². The maximum atomic E-state index is 12.4. The number of carbonyl (C=O) groups excluding carboxylic acids is 2. The molecule has 0 aliphatic heterocycles. The normalized spacial score (nSPS) is 10.2. The van der Waals surface area contributed by atoms with Crippen LogP contribution >= 0.6 is 0 Å². The van der Waals surface area contributed by atoms with Crippen molar-refractivity contribution in [3.63, 3.8) is 0 Å². The predicted octanol–water partition coefficient (Wildman–Crippen LogP) is 3.81. The molecule has 0 radical (unpaired) electrons. The number of carbonyl (C=O) groups is 2. The molecule has 0 aliphatic carbocycles. The maximum Gasteiger partial charge on any atom is 0.235 e. The number of Topliss-reactive ketones (excluding diaryl/α,β-unsaturated/α-hetero) is 2. The molecule has 22 heavy (non-hydrogen) atoms. The van der Waals surface area contributed by atoms with Gasteiger partial charge in [-0.2, -0.15) is 0 Å². The fraction of sp³-hybridized carbons (Fsp3) is 0. The summed E-state index contributed by atoms with van der Waals surface area (Å²) in [5, 5.41) is 0. The van der Waals surface area contributed by atoms with Gasteiger partial charge in [0.15, 0.2) is 0 Å². The summed E-state index contributed by atoms with van der Waals surface area (Å²) in [4.78, 5) is 28.4. The number of benzene rings is 2. The van der Waals surface area contributed by atoms with Gasteiger partial charge in [0, 0.05) is 23.5 Å². The van der Waals surface area contributed by atoms with Crippen molar-refractivity contribution < 1.29 is 9.59 Å². The standard InChI is InChI=1S/C19H13NO2/c21-18(19(22)17-10-5-11-20-13-17)16-9-4-8-15(12-16)14-6-2-1-3-7-14/h1-13H. The lowest BCUT2D eigenvalue weighted by atomic mass is 9.98. The fourth-order valence-corrected chi connectivity index (χ4v) is 2.23. The average molecular weight is 287 g/mol. The maximum absolute atomic E-state index is 12.4. The first-order valence-corrected chi connectivity index (χ1v) is 6.90. The van der Waals surface area contributed by atoms with Crippen molar-refractivity contribution in [3.8, 4) is 11.1 Å². The van der Waals surface area contributed by atoms with Gasteiger partial charge >= 0.3 is 0 Å². The van der Waals surface area contributed by atoms with E-state index < -0.39 is 11.6 Å². The van der Waals surface area contributed by atoms with Gasteiger partial charge in [-0.25, -0.2) is 0 Å². The van der Waals surface area contributed by atoms with E-state index in [-0.39, 0.29) is 0 Å². The van der Waals surface area contributed by atoms with Gasteiger partial charge in [-0.1, -0.05) is 48.5 Å². The Balaban J connectivity index is 1.93. The van der Waals surface area contributed by atoms with Crippen molar-refractivity contribution in [2.75, 3.05) is 0 Å². The summed E-state index contributed by atoms with van der Waals surface area (Å²) in [7, 11) is 0. The van der Waals surface area contributed by atoms with E-state index >= 15 is 0 Å². The Kier molecular flexibility index (Phi) is 3.88. The highest BCUT2D eigenvalue weighted by atomic mass is 16.2. The van der Waals surface area contributed by atoms with Gasteiger partial charge in [0.05, 0.1) is 0 Å². The number of pyridine rings is 1. The number of hydrogen-bond donors (Lipinski definition) is 0. The SMILES string of the molecule is O=C(C(=O)c1cccc(-c2ccccc2)c1)c1cccnc1. The second kappa shape index (κ2) is 6.14. The van der Waals surface area contributed by atoms with E-state index in [4.69, 9.17) is 0 Å². The average Bonchev–Trinajstić information content (AvgIpc) is 2.62. The van der Waals surface area contributed by atoms with E-state index in [0.29, 0.717) is 11.1 Å². The van der Waals surface area contributed by atoms with Crippen molar-refractivity contribution in [2.45, 2.75) is 0 Å². The third-order valence-electron chi connectivity index (χ3n) is 3.36. The largest absolute Gasteiger partial charge is 0.285 e. The first-order chi connectivity index (χ1) is 10.8. The van der Waals surface area contributed by atoms with E-state index in [2.05, 4.69) is 4.98 Å². The molecule has 0 N–H and O–H groups in total. The Morgan fingerprint density at radius 1 is 0.682 bits per heavy atom. The van der Waals surface area contributed by atoms with Crippen LogP contribution in [0.3, 0.4) is 0 Å². The number of ketones is 2. The summed E-state index contributed by atoms with van der Waals surface area (Å²) in [5.41, 5.74) is 2.60. The van der Waals surface area contributed by atoms with Gasteiger partial charge < -0.3 is 0 Å². The molecule has 0 atom stereocenters. The van der Waals surface area contributed by atoms with Crippen molar-refractivity contribution in [2.24, 2.45) is 0 Å². The van der Waals surface area contributed by atoms with Gasteiger partial charge in [-0.05, 0) is 29.3 Å². The van der Waals surface area contributed by atoms with Crippen LogP contribution in [0.2, 0.25) is 0 Å². The molecule has 0 aliphatic rings. The first-order valence-electron chi connectivity index (χ1n) is 6.90. The van der Waals surface area contributed by atoms with Crippen molar-refractivity contribution in [1.82, 2.24) is 4.98 Å². The third kappa shape index (κ3) is 2.83. The molecule has 0 amide bonds. The molecule has 3 heteroatoms. The van der Waals surface area contributed by atoms with Crippen molar-refractivity contribution in [3.05, 3.63) is 90.3 Å². The number of nitrogens with zero attached hydrogens (tertiary/aromatic N) is 1. The molecule has 0 spiro atoms. The molecule has 0 unspecified atom stereocenters. The summed E-state index contributed by atoms with van der Waals surface area (Å²) in [5.74, 6) is -1.07. The van der Waals surface area contributed by atoms with Crippen LogP contribution in [-0.4, -0.2) is 16.6 Å². The van der Waals surface area contributed by atoms with E-state index in [0.717, 1.165) is 11.1 Å². The quantitative estimate of drug-likeness (QED) is 0.541. The summed E-state index contributed by atoms with van der Waals surface area (Å²) in [6.07, 6.45) is 2.97. The zero-order chi connectivity index (χ0) is 15.4. The molecule has 2 aromatic carbocycles. The smallest absolute Gasteiger partial charge is 0.235 e.